The van der Waals surface area contributed by atoms with Crippen molar-refractivity contribution >= 4 is 15.9 Å². The first kappa shape index (κ1) is 14.5. The maximum Gasteiger partial charge on any atom is 0.120 e. The van der Waals surface area contributed by atoms with E-state index in [0.717, 1.165) is 28.6 Å². The molecular weight excluding hydrogens is 280 g/mol. The molecule has 2 nitrogen and oxygen atoms in total. The van der Waals surface area contributed by atoms with Crippen LogP contribution < -0.4 is 4.74 Å². The van der Waals surface area contributed by atoms with E-state index in [9.17, 15) is 5.11 Å². The summed E-state index contributed by atoms with van der Waals surface area (Å²) < 4.78 is 6.33. The van der Waals surface area contributed by atoms with E-state index in [4.69, 9.17) is 4.74 Å². The van der Waals surface area contributed by atoms with Gasteiger partial charge >= 0.3 is 0 Å². The highest BCUT2D eigenvalue weighted by Gasteiger charge is 2.11. The number of benzene rings is 1. The Balaban J connectivity index is 2.63. The lowest BCUT2D eigenvalue weighted by atomic mass is 10.0. The van der Waals surface area contributed by atoms with E-state index in [-0.39, 0.29) is 6.10 Å². The third-order valence-corrected chi connectivity index (χ3v) is 3.41. The largest absolute Gasteiger partial charge is 0.494 e. The molecule has 1 N–H and O–H groups in total. The van der Waals surface area contributed by atoms with Gasteiger partial charge in [-0.3, -0.25) is 0 Å². The summed E-state index contributed by atoms with van der Waals surface area (Å²) in [5, 5.41) is 10.1. The summed E-state index contributed by atoms with van der Waals surface area (Å²) >= 11 is 3.49. The van der Waals surface area contributed by atoms with Gasteiger partial charge in [-0.2, -0.15) is 0 Å². The molecule has 96 valence electrons. The Morgan fingerprint density at radius 3 is 2.65 bits per heavy atom. The molecule has 0 fully saturated rings. The van der Waals surface area contributed by atoms with Gasteiger partial charge in [0.25, 0.3) is 0 Å². The molecule has 0 aromatic heterocycles. The minimum Gasteiger partial charge on any atom is -0.494 e. The Labute approximate surface area is 112 Å². The van der Waals surface area contributed by atoms with Crippen molar-refractivity contribution in [2.24, 2.45) is 0 Å². The third kappa shape index (κ3) is 4.68. The highest BCUT2D eigenvalue weighted by molar-refractivity contribution is 9.10. The van der Waals surface area contributed by atoms with Crippen LogP contribution in [-0.4, -0.2) is 11.7 Å². The number of unbranched alkanes of at least 4 members (excludes halogenated alkanes) is 2. The minimum absolute atomic E-state index is 0.383. The van der Waals surface area contributed by atoms with Crippen LogP contribution in [0.5, 0.6) is 5.75 Å². The van der Waals surface area contributed by atoms with E-state index in [1.807, 2.05) is 25.1 Å². The summed E-state index contributed by atoms with van der Waals surface area (Å²) in [5.74, 6) is 0.837. The second-order valence-corrected chi connectivity index (χ2v) is 4.98. The molecule has 0 aliphatic rings. The van der Waals surface area contributed by atoms with Crippen molar-refractivity contribution in [3.8, 4) is 5.75 Å². The molecule has 0 spiro atoms. The zero-order valence-electron chi connectivity index (χ0n) is 10.6. The molecule has 1 rings (SSSR count). The van der Waals surface area contributed by atoms with Crippen molar-refractivity contribution in [3.63, 3.8) is 0 Å². The number of halogens is 1. The number of hydrogen-bond acceptors (Lipinski definition) is 2. The van der Waals surface area contributed by atoms with Crippen LogP contribution in [0.4, 0.5) is 0 Å². The molecular formula is C14H21BrO2. The van der Waals surface area contributed by atoms with E-state index in [2.05, 4.69) is 22.9 Å². The molecule has 3 heteroatoms. The third-order valence-electron chi connectivity index (χ3n) is 2.72. The summed E-state index contributed by atoms with van der Waals surface area (Å²) in [6, 6.07) is 5.76. The Hall–Kier alpha value is -0.540. The van der Waals surface area contributed by atoms with E-state index in [1.54, 1.807) is 0 Å². The fourth-order valence-corrected chi connectivity index (χ4v) is 2.40. The molecule has 0 amide bonds. The summed E-state index contributed by atoms with van der Waals surface area (Å²) in [7, 11) is 0. The van der Waals surface area contributed by atoms with Gasteiger partial charge in [0.2, 0.25) is 0 Å². The molecule has 0 aliphatic heterocycles. The minimum atomic E-state index is -0.383. The van der Waals surface area contributed by atoms with Gasteiger partial charge in [0.1, 0.15) is 5.75 Å². The Morgan fingerprint density at radius 2 is 2.06 bits per heavy atom. The zero-order chi connectivity index (χ0) is 12.7. The second-order valence-electron chi connectivity index (χ2n) is 4.13. The van der Waals surface area contributed by atoms with Gasteiger partial charge in [-0.15, -0.1) is 0 Å². The van der Waals surface area contributed by atoms with Crippen LogP contribution >= 0.6 is 15.9 Å². The number of aliphatic hydroxyl groups is 1. The topological polar surface area (TPSA) is 29.5 Å². The number of rotatable bonds is 7. The Morgan fingerprint density at radius 1 is 1.29 bits per heavy atom. The lowest BCUT2D eigenvalue weighted by Crippen LogP contribution is -1.99. The van der Waals surface area contributed by atoms with Crippen molar-refractivity contribution < 1.29 is 9.84 Å². The average Bonchev–Trinajstić information content (AvgIpc) is 2.29. The standard InChI is InChI=1S/C14H21BrO2/c1-3-5-6-7-14(16)12-9-8-11(17-4-2)10-13(12)15/h8-10,14,16H,3-7H2,1-2H3. The van der Waals surface area contributed by atoms with Gasteiger partial charge in [0.05, 0.1) is 12.7 Å². The Bertz CT molecular complexity index is 339. The summed E-state index contributed by atoms with van der Waals surface area (Å²) in [4.78, 5) is 0. The first-order valence-corrected chi connectivity index (χ1v) is 7.08. The molecule has 17 heavy (non-hydrogen) atoms. The van der Waals surface area contributed by atoms with Gasteiger partial charge in [-0.25, -0.2) is 0 Å². The van der Waals surface area contributed by atoms with E-state index in [1.165, 1.54) is 12.8 Å². The van der Waals surface area contributed by atoms with Crippen LogP contribution in [0.15, 0.2) is 22.7 Å². The van der Waals surface area contributed by atoms with Gasteiger partial charge in [0.15, 0.2) is 0 Å². The van der Waals surface area contributed by atoms with Crippen molar-refractivity contribution in [1.82, 2.24) is 0 Å². The lowest BCUT2D eigenvalue weighted by molar-refractivity contribution is 0.162. The van der Waals surface area contributed by atoms with Crippen LogP contribution in [0.2, 0.25) is 0 Å². The molecule has 0 heterocycles. The smallest absolute Gasteiger partial charge is 0.120 e. The summed E-state index contributed by atoms with van der Waals surface area (Å²) in [6.45, 7) is 4.78. The van der Waals surface area contributed by atoms with Crippen LogP contribution in [-0.2, 0) is 0 Å². The van der Waals surface area contributed by atoms with Crippen molar-refractivity contribution in [1.29, 1.82) is 0 Å². The number of hydrogen-bond donors (Lipinski definition) is 1. The molecule has 0 bridgehead atoms. The van der Waals surface area contributed by atoms with E-state index in [0.29, 0.717) is 6.61 Å². The Kier molecular flexibility index (Phi) is 6.60. The molecule has 1 atom stereocenters. The van der Waals surface area contributed by atoms with Crippen LogP contribution in [0.1, 0.15) is 51.2 Å². The van der Waals surface area contributed by atoms with Gasteiger partial charge in [0, 0.05) is 4.47 Å². The van der Waals surface area contributed by atoms with E-state index < -0.39 is 0 Å². The molecule has 0 aliphatic carbocycles. The quantitative estimate of drug-likeness (QED) is 0.753. The predicted molar refractivity (Wildman–Crippen MR) is 74.4 cm³/mol. The molecule has 0 saturated heterocycles. The average molecular weight is 301 g/mol. The van der Waals surface area contributed by atoms with Crippen molar-refractivity contribution in [2.45, 2.75) is 45.6 Å². The van der Waals surface area contributed by atoms with E-state index >= 15 is 0 Å². The van der Waals surface area contributed by atoms with Crippen LogP contribution in [0, 0.1) is 0 Å². The molecule has 0 radical (unpaired) electrons. The maximum atomic E-state index is 10.1. The normalized spacial score (nSPS) is 12.5. The highest BCUT2D eigenvalue weighted by Crippen LogP contribution is 2.30. The number of aliphatic hydroxyl groups excluding tert-OH is 1. The molecule has 1 aromatic rings. The maximum absolute atomic E-state index is 10.1. The highest BCUT2D eigenvalue weighted by atomic mass is 79.9. The SMILES string of the molecule is CCCCCC(O)c1ccc(OCC)cc1Br. The monoisotopic (exact) mass is 300 g/mol. The van der Waals surface area contributed by atoms with Crippen LogP contribution in [0.3, 0.4) is 0 Å². The zero-order valence-corrected chi connectivity index (χ0v) is 12.2. The fraction of sp³-hybridized carbons (Fsp3) is 0.571. The van der Waals surface area contributed by atoms with Crippen molar-refractivity contribution in [3.05, 3.63) is 28.2 Å². The first-order valence-electron chi connectivity index (χ1n) is 6.29. The predicted octanol–water partition coefficient (Wildman–Crippen LogP) is 4.46. The number of ether oxygens (including phenoxy) is 1. The van der Waals surface area contributed by atoms with Crippen molar-refractivity contribution in [2.75, 3.05) is 6.61 Å². The molecule has 0 saturated carbocycles. The summed E-state index contributed by atoms with van der Waals surface area (Å²) in [6.07, 6.45) is 3.85. The van der Waals surface area contributed by atoms with Gasteiger partial charge in [-0.05, 0) is 31.0 Å². The molecule has 1 unspecified atom stereocenters. The summed E-state index contributed by atoms with van der Waals surface area (Å²) in [5.41, 5.74) is 0.949. The molecule has 1 aromatic carbocycles. The van der Waals surface area contributed by atoms with Crippen LogP contribution in [0.25, 0.3) is 0 Å². The first-order chi connectivity index (χ1) is 8.19. The van der Waals surface area contributed by atoms with Gasteiger partial charge in [-0.1, -0.05) is 48.2 Å². The lowest BCUT2D eigenvalue weighted by Gasteiger charge is -2.14. The van der Waals surface area contributed by atoms with Gasteiger partial charge < -0.3 is 9.84 Å². The second kappa shape index (κ2) is 7.72. The fourth-order valence-electron chi connectivity index (χ4n) is 1.78.